The number of rotatable bonds is 9. The van der Waals surface area contributed by atoms with E-state index in [1.807, 2.05) is 18.4 Å². The number of nitrogens with one attached hydrogen (secondary N) is 1. The van der Waals surface area contributed by atoms with Gasteiger partial charge in [-0.15, -0.1) is 32.9 Å². The number of anilines is 1. The molecule has 0 bridgehead atoms. The molecule has 160 valence electrons. The average Bonchev–Trinajstić information content (AvgIpc) is 3.48. The van der Waals surface area contributed by atoms with Crippen molar-refractivity contribution in [1.29, 1.82) is 0 Å². The van der Waals surface area contributed by atoms with Crippen LogP contribution in [0, 0.1) is 0 Å². The number of carbonyl (C=O) groups is 2. The maximum Gasteiger partial charge on any atom is 0.340 e. The molecule has 0 saturated carbocycles. The Morgan fingerprint density at radius 1 is 1.17 bits per heavy atom. The molecule has 0 aromatic carbocycles. The monoisotopic (exact) mass is 464 g/mol. The van der Waals surface area contributed by atoms with Crippen molar-refractivity contribution < 1.29 is 14.3 Å². The summed E-state index contributed by atoms with van der Waals surface area (Å²) in [6, 6.07) is 3.91. The predicted octanol–water partition coefficient (Wildman–Crippen LogP) is 4.73. The molecule has 0 fully saturated rings. The molecule has 7 nitrogen and oxygen atoms in total. The number of aromatic nitrogens is 3. The molecule has 0 spiro atoms. The van der Waals surface area contributed by atoms with Gasteiger partial charge in [0, 0.05) is 27.2 Å². The van der Waals surface area contributed by atoms with Crippen LogP contribution in [0.1, 0.15) is 40.9 Å². The van der Waals surface area contributed by atoms with Gasteiger partial charge < -0.3 is 14.6 Å². The Hall–Kier alpha value is -2.17. The van der Waals surface area contributed by atoms with Crippen molar-refractivity contribution in [2.45, 2.75) is 45.3 Å². The van der Waals surface area contributed by atoms with Crippen LogP contribution in [0.3, 0.4) is 0 Å². The highest BCUT2D eigenvalue weighted by Gasteiger charge is 2.19. The third-order valence-corrected chi connectivity index (χ3v) is 7.66. The molecule has 0 unspecified atom stereocenters. The molecule has 3 rings (SSSR count). The fourth-order valence-corrected chi connectivity index (χ4v) is 5.46. The Labute approximate surface area is 187 Å². The second-order valence-electron chi connectivity index (χ2n) is 6.34. The minimum Gasteiger partial charge on any atom is -0.465 e. The molecule has 10 heteroatoms. The smallest absolute Gasteiger partial charge is 0.340 e. The van der Waals surface area contributed by atoms with Crippen LogP contribution in [0.15, 0.2) is 22.7 Å². The predicted molar refractivity (Wildman–Crippen MR) is 123 cm³/mol. The van der Waals surface area contributed by atoms with Crippen LogP contribution in [0.2, 0.25) is 0 Å². The topological polar surface area (TPSA) is 86.1 Å². The van der Waals surface area contributed by atoms with E-state index in [0.717, 1.165) is 29.1 Å². The molecular weight excluding hydrogens is 440 g/mol. The fraction of sp³-hybridized carbons (Fsp3) is 0.400. The zero-order chi connectivity index (χ0) is 21.7. The van der Waals surface area contributed by atoms with E-state index < -0.39 is 5.97 Å². The van der Waals surface area contributed by atoms with Gasteiger partial charge in [0.05, 0.1) is 18.4 Å². The van der Waals surface area contributed by atoms with Gasteiger partial charge in [-0.1, -0.05) is 25.6 Å². The van der Waals surface area contributed by atoms with Gasteiger partial charge in [-0.25, -0.2) is 4.79 Å². The highest BCUT2D eigenvalue weighted by atomic mass is 32.2. The fourth-order valence-electron chi connectivity index (χ4n) is 2.84. The Balaban J connectivity index is 1.70. The number of nitrogens with zero attached hydrogens (tertiary/aromatic N) is 3. The van der Waals surface area contributed by atoms with E-state index in [-0.39, 0.29) is 11.7 Å². The second kappa shape index (κ2) is 10.2. The molecule has 3 heterocycles. The number of aryl methyl sites for hydroxylation is 2. The van der Waals surface area contributed by atoms with Crippen molar-refractivity contribution in [2.75, 3.05) is 18.2 Å². The Morgan fingerprint density at radius 3 is 2.57 bits per heavy atom. The van der Waals surface area contributed by atoms with E-state index in [0.29, 0.717) is 22.3 Å². The van der Waals surface area contributed by atoms with Crippen LogP contribution in [0.25, 0.3) is 11.4 Å². The van der Waals surface area contributed by atoms with Gasteiger partial charge in [0.1, 0.15) is 5.00 Å². The summed E-state index contributed by atoms with van der Waals surface area (Å²) in [5.74, 6) is 0.328. The second-order valence-corrected chi connectivity index (χ2v) is 9.42. The summed E-state index contributed by atoms with van der Waals surface area (Å²) >= 11 is 4.43. The summed E-state index contributed by atoms with van der Waals surface area (Å²) in [7, 11) is 1.33. The lowest BCUT2D eigenvalue weighted by atomic mass is 10.2. The number of thiophene rings is 2. The highest BCUT2D eigenvalue weighted by molar-refractivity contribution is 7.99. The van der Waals surface area contributed by atoms with Gasteiger partial charge in [-0.05, 0) is 31.9 Å². The summed E-state index contributed by atoms with van der Waals surface area (Å²) < 4.78 is 6.83. The van der Waals surface area contributed by atoms with Crippen molar-refractivity contribution in [2.24, 2.45) is 0 Å². The lowest BCUT2D eigenvalue weighted by Crippen LogP contribution is -2.16. The van der Waals surface area contributed by atoms with Crippen molar-refractivity contribution in [1.82, 2.24) is 14.8 Å². The number of methoxy groups -OCH3 is 1. The largest absolute Gasteiger partial charge is 0.465 e. The van der Waals surface area contributed by atoms with E-state index in [9.17, 15) is 9.59 Å². The van der Waals surface area contributed by atoms with Crippen LogP contribution >= 0.6 is 34.4 Å². The molecule has 30 heavy (non-hydrogen) atoms. The van der Waals surface area contributed by atoms with Gasteiger partial charge >= 0.3 is 5.97 Å². The number of esters is 1. The SMILES string of the molecule is CCc1cc(-c2nnc(SCC(=O)Nc3sc(CC)cc3C(=O)OC)n2CC)cs1. The first-order valence-corrected chi connectivity index (χ1v) is 12.3. The minimum absolute atomic E-state index is 0.169. The van der Waals surface area contributed by atoms with Crippen molar-refractivity contribution in [3.63, 3.8) is 0 Å². The summed E-state index contributed by atoms with van der Waals surface area (Å²) in [6.07, 6.45) is 1.77. The number of carbonyl (C=O) groups excluding carboxylic acids is 2. The van der Waals surface area contributed by atoms with Crippen LogP contribution in [-0.4, -0.2) is 39.5 Å². The highest BCUT2D eigenvalue weighted by Crippen LogP contribution is 2.31. The summed E-state index contributed by atoms with van der Waals surface area (Å²) in [6.45, 7) is 6.87. The molecule has 0 aliphatic heterocycles. The number of ether oxygens (including phenoxy) is 1. The molecule has 0 radical (unpaired) electrons. The summed E-state index contributed by atoms with van der Waals surface area (Å²) in [4.78, 5) is 26.8. The first-order valence-electron chi connectivity index (χ1n) is 9.65. The Kier molecular flexibility index (Phi) is 7.68. The standard InChI is InChI=1S/C20H24N4O3S3/c1-5-13-8-12(10-28-13)17-22-23-20(24(17)7-3)29-11-16(25)21-18-15(19(26)27-4)9-14(6-2)30-18/h8-10H,5-7,11H2,1-4H3,(H,21,25). The maximum atomic E-state index is 12.5. The molecule has 1 N–H and O–H groups in total. The summed E-state index contributed by atoms with van der Waals surface area (Å²) in [5.41, 5.74) is 1.44. The minimum atomic E-state index is -0.452. The molecule has 3 aromatic rings. The van der Waals surface area contributed by atoms with Gasteiger partial charge in [-0.3, -0.25) is 4.79 Å². The van der Waals surface area contributed by atoms with Gasteiger partial charge in [0.2, 0.25) is 5.91 Å². The maximum absolute atomic E-state index is 12.5. The molecular formula is C20H24N4O3S3. The molecule has 0 saturated heterocycles. The van der Waals surface area contributed by atoms with Crippen LogP contribution in [0.5, 0.6) is 0 Å². The third-order valence-electron chi connectivity index (χ3n) is 4.42. The number of hydrogen-bond donors (Lipinski definition) is 1. The van der Waals surface area contributed by atoms with E-state index in [2.05, 4.69) is 33.9 Å². The van der Waals surface area contributed by atoms with Gasteiger partial charge in [0.25, 0.3) is 0 Å². The van der Waals surface area contributed by atoms with Crippen LogP contribution in [-0.2, 0) is 28.9 Å². The van der Waals surface area contributed by atoms with E-state index in [1.165, 1.54) is 35.1 Å². The van der Waals surface area contributed by atoms with Crippen LogP contribution in [0.4, 0.5) is 5.00 Å². The molecule has 3 aromatic heterocycles. The average molecular weight is 465 g/mol. The van der Waals surface area contributed by atoms with Crippen molar-refractivity contribution >= 4 is 51.3 Å². The third kappa shape index (κ3) is 4.93. The lowest BCUT2D eigenvalue weighted by molar-refractivity contribution is -0.113. The quantitative estimate of drug-likeness (QED) is 0.364. The zero-order valence-corrected chi connectivity index (χ0v) is 19.8. The molecule has 1 amide bonds. The number of thioether (sulfide) groups is 1. The zero-order valence-electron chi connectivity index (χ0n) is 17.4. The van der Waals surface area contributed by atoms with E-state index in [4.69, 9.17) is 4.74 Å². The summed E-state index contributed by atoms with van der Waals surface area (Å²) in [5, 5.41) is 14.8. The van der Waals surface area contributed by atoms with Crippen LogP contribution < -0.4 is 5.32 Å². The number of amides is 1. The first-order chi connectivity index (χ1) is 14.5. The molecule has 0 atom stereocenters. The Morgan fingerprint density at radius 2 is 1.93 bits per heavy atom. The Bertz CT molecular complexity index is 1040. The first kappa shape index (κ1) is 22.5. The number of hydrogen-bond acceptors (Lipinski definition) is 8. The van der Waals surface area contributed by atoms with Crippen molar-refractivity contribution in [3.05, 3.63) is 32.8 Å². The van der Waals surface area contributed by atoms with Crippen molar-refractivity contribution in [3.8, 4) is 11.4 Å². The van der Waals surface area contributed by atoms with E-state index >= 15 is 0 Å². The van der Waals surface area contributed by atoms with E-state index in [1.54, 1.807) is 17.4 Å². The van der Waals surface area contributed by atoms with Gasteiger partial charge in [0.15, 0.2) is 11.0 Å². The normalized spacial score (nSPS) is 10.9. The van der Waals surface area contributed by atoms with Gasteiger partial charge in [-0.2, -0.15) is 0 Å². The molecule has 0 aliphatic rings. The lowest BCUT2D eigenvalue weighted by Gasteiger charge is -2.07. The molecule has 0 aliphatic carbocycles.